The predicted octanol–water partition coefficient (Wildman–Crippen LogP) is 1.76. The number of nitrogens with two attached hydrogens (primary N) is 1. The number of nitrogens with zero attached hydrogens (tertiary/aromatic N) is 3. The zero-order valence-electron chi connectivity index (χ0n) is 11.2. The van der Waals surface area contributed by atoms with Gasteiger partial charge in [0, 0.05) is 31.5 Å². The fourth-order valence-corrected chi connectivity index (χ4v) is 2.32. The molecule has 1 aliphatic heterocycles. The highest BCUT2D eigenvalue weighted by Crippen LogP contribution is 2.22. The smallest absolute Gasteiger partial charge is 0.221 e. The van der Waals surface area contributed by atoms with Gasteiger partial charge in [-0.25, -0.2) is 4.98 Å². The normalized spacial score (nSPS) is 20.1. The summed E-state index contributed by atoms with van der Waals surface area (Å²) in [6.45, 7) is 6.91. The fourth-order valence-electron chi connectivity index (χ4n) is 2.32. The molecule has 0 saturated carbocycles. The molecule has 0 radical (unpaired) electrons. The maximum atomic E-state index is 5.84. The topological polar surface area (TPSA) is 64.3 Å². The van der Waals surface area contributed by atoms with Gasteiger partial charge in [-0.1, -0.05) is 6.92 Å². The number of rotatable bonds is 4. The molecule has 2 heterocycles. The van der Waals surface area contributed by atoms with Crippen LogP contribution in [0.1, 0.15) is 31.7 Å². The van der Waals surface area contributed by atoms with Gasteiger partial charge in [-0.05, 0) is 26.2 Å². The lowest BCUT2D eigenvalue weighted by Crippen LogP contribution is -2.40. The van der Waals surface area contributed by atoms with E-state index in [0.29, 0.717) is 12.1 Å². The summed E-state index contributed by atoms with van der Waals surface area (Å²) in [5.74, 6) is 1.29. The molecule has 1 aliphatic rings. The highest BCUT2D eigenvalue weighted by Gasteiger charge is 2.22. The minimum Gasteiger partial charge on any atom is -0.376 e. The van der Waals surface area contributed by atoms with E-state index in [-0.39, 0.29) is 0 Å². The van der Waals surface area contributed by atoms with E-state index in [9.17, 15) is 0 Å². The van der Waals surface area contributed by atoms with Crippen LogP contribution in [0.5, 0.6) is 0 Å². The summed E-state index contributed by atoms with van der Waals surface area (Å²) < 4.78 is 5.84. The van der Waals surface area contributed by atoms with Crippen molar-refractivity contribution < 1.29 is 4.74 Å². The van der Waals surface area contributed by atoms with Crippen molar-refractivity contribution >= 4 is 11.8 Å². The number of anilines is 2. The molecule has 2 rings (SSSR count). The number of aryl methyl sites for hydroxylation is 1. The second-order valence-electron chi connectivity index (χ2n) is 4.82. The van der Waals surface area contributed by atoms with Gasteiger partial charge in [0.15, 0.2) is 0 Å². The lowest BCUT2D eigenvalue weighted by Gasteiger charge is -2.34. The molecule has 0 aliphatic carbocycles. The summed E-state index contributed by atoms with van der Waals surface area (Å²) in [7, 11) is 0. The molecule has 0 bridgehead atoms. The quantitative estimate of drug-likeness (QED) is 0.882. The van der Waals surface area contributed by atoms with E-state index in [2.05, 4.69) is 21.8 Å². The van der Waals surface area contributed by atoms with Crippen LogP contribution in [0.4, 0.5) is 11.8 Å². The van der Waals surface area contributed by atoms with Crippen molar-refractivity contribution in [2.45, 2.75) is 39.2 Å². The van der Waals surface area contributed by atoms with E-state index in [0.717, 1.165) is 50.3 Å². The molecule has 18 heavy (non-hydrogen) atoms. The molecular formula is C13H22N4O. The first-order valence-corrected chi connectivity index (χ1v) is 6.66. The van der Waals surface area contributed by atoms with E-state index in [1.54, 1.807) is 6.20 Å². The molecule has 0 amide bonds. The molecule has 0 aromatic carbocycles. The van der Waals surface area contributed by atoms with Crippen molar-refractivity contribution in [2.75, 3.05) is 30.3 Å². The Labute approximate surface area is 108 Å². The summed E-state index contributed by atoms with van der Waals surface area (Å²) in [5, 5.41) is 0. The van der Waals surface area contributed by atoms with E-state index >= 15 is 0 Å². The number of ether oxygens (including phenoxy) is 1. The van der Waals surface area contributed by atoms with E-state index in [1.165, 1.54) is 0 Å². The van der Waals surface area contributed by atoms with Crippen LogP contribution in [0.15, 0.2) is 6.20 Å². The Balaban J connectivity index is 2.05. The third-order valence-corrected chi connectivity index (χ3v) is 3.20. The van der Waals surface area contributed by atoms with Gasteiger partial charge >= 0.3 is 0 Å². The second kappa shape index (κ2) is 6.00. The van der Waals surface area contributed by atoms with Crippen LogP contribution in [0.25, 0.3) is 0 Å². The van der Waals surface area contributed by atoms with Gasteiger partial charge in [-0.15, -0.1) is 0 Å². The molecule has 1 unspecified atom stereocenters. The lowest BCUT2D eigenvalue weighted by molar-refractivity contribution is 0.0439. The maximum Gasteiger partial charge on any atom is 0.221 e. The molecule has 1 atom stereocenters. The lowest BCUT2D eigenvalue weighted by atomic mass is 10.1. The standard InChI is InChI=1S/C13H22N4O/c1-3-7-18-11-5-4-6-17(9-11)12-10(2)8-15-13(14)16-12/h8,11H,3-7,9H2,1-2H3,(H2,14,15,16). The maximum absolute atomic E-state index is 5.84. The van der Waals surface area contributed by atoms with Gasteiger partial charge in [0.25, 0.3) is 0 Å². The highest BCUT2D eigenvalue weighted by atomic mass is 16.5. The third kappa shape index (κ3) is 3.10. The molecule has 1 saturated heterocycles. The van der Waals surface area contributed by atoms with Crippen LogP contribution in [0, 0.1) is 6.92 Å². The molecule has 5 nitrogen and oxygen atoms in total. The third-order valence-electron chi connectivity index (χ3n) is 3.20. The van der Waals surface area contributed by atoms with Gasteiger partial charge in [0.05, 0.1) is 6.10 Å². The van der Waals surface area contributed by atoms with Crippen LogP contribution in [-0.4, -0.2) is 35.8 Å². The Hall–Kier alpha value is -1.36. The van der Waals surface area contributed by atoms with E-state index in [1.807, 2.05) is 6.92 Å². The van der Waals surface area contributed by atoms with Gasteiger partial charge in [-0.2, -0.15) is 4.98 Å². The van der Waals surface area contributed by atoms with Gasteiger partial charge in [0.1, 0.15) is 5.82 Å². The Morgan fingerprint density at radius 3 is 3.17 bits per heavy atom. The SMILES string of the molecule is CCCOC1CCCN(c2nc(N)ncc2C)C1. The Bertz CT molecular complexity index is 397. The first-order chi connectivity index (χ1) is 8.70. The van der Waals surface area contributed by atoms with Crippen molar-refractivity contribution in [3.8, 4) is 0 Å². The van der Waals surface area contributed by atoms with Crippen molar-refractivity contribution in [1.29, 1.82) is 0 Å². The first-order valence-electron chi connectivity index (χ1n) is 6.66. The number of aromatic nitrogens is 2. The fraction of sp³-hybridized carbons (Fsp3) is 0.692. The molecule has 0 spiro atoms. The van der Waals surface area contributed by atoms with Crippen molar-refractivity contribution in [2.24, 2.45) is 0 Å². The number of nitrogen functional groups attached to an aromatic ring is 1. The molecule has 1 aromatic heterocycles. The van der Waals surface area contributed by atoms with Crippen LogP contribution in [-0.2, 0) is 4.74 Å². The number of hydrogen-bond donors (Lipinski definition) is 1. The highest BCUT2D eigenvalue weighted by molar-refractivity contribution is 5.48. The Morgan fingerprint density at radius 2 is 2.39 bits per heavy atom. The molecule has 1 aromatic rings. The minimum atomic E-state index is 0.314. The molecule has 5 heteroatoms. The van der Waals surface area contributed by atoms with E-state index in [4.69, 9.17) is 10.5 Å². The van der Waals surface area contributed by atoms with Crippen molar-refractivity contribution in [1.82, 2.24) is 9.97 Å². The van der Waals surface area contributed by atoms with Crippen molar-refractivity contribution in [3.63, 3.8) is 0 Å². The number of piperidine rings is 1. The molecule has 1 fully saturated rings. The summed E-state index contributed by atoms with van der Waals surface area (Å²) in [6, 6.07) is 0. The van der Waals surface area contributed by atoms with E-state index < -0.39 is 0 Å². The molecule has 2 N–H and O–H groups in total. The van der Waals surface area contributed by atoms with Crippen LogP contribution >= 0.6 is 0 Å². The van der Waals surface area contributed by atoms with Crippen molar-refractivity contribution in [3.05, 3.63) is 11.8 Å². The van der Waals surface area contributed by atoms with Gasteiger partial charge in [-0.3, -0.25) is 0 Å². The summed E-state index contributed by atoms with van der Waals surface area (Å²) in [4.78, 5) is 10.6. The largest absolute Gasteiger partial charge is 0.376 e. The predicted molar refractivity (Wildman–Crippen MR) is 72.7 cm³/mol. The average Bonchev–Trinajstić information content (AvgIpc) is 2.39. The first kappa shape index (κ1) is 13.1. The van der Waals surface area contributed by atoms with Crippen LogP contribution in [0.3, 0.4) is 0 Å². The van der Waals surface area contributed by atoms with Crippen LogP contribution in [0.2, 0.25) is 0 Å². The zero-order chi connectivity index (χ0) is 13.0. The van der Waals surface area contributed by atoms with Crippen LogP contribution < -0.4 is 10.6 Å². The van der Waals surface area contributed by atoms with Gasteiger partial charge in [0.2, 0.25) is 5.95 Å². The zero-order valence-corrected chi connectivity index (χ0v) is 11.2. The molecular weight excluding hydrogens is 228 g/mol. The minimum absolute atomic E-state index is 0.314. The number of hydrogen-bond acceptors (Lipinski definition) is 5. The molecule has 100 valence electrons. The monoisotopic (exact) mass is 250 g/mol. The Morgan fingerprint density at radius 1 is 1.56 bits per heavy atom. The summed E-state index contributed by atoms with van der Waals surface area (Å²) in [5.41, 5.74) is 6.74. The summed E-state index contributed by atoms with van der Waals surface area (Å²) >= 11 is 0. The van der Waals surface area contributed by atoms with Gasteiger partial charge < -0.3 is 15.4 Å². The Kier molecular flexibility index (Phi) is 4.36. The summed E-state index contributed by atoms with van der Waals surface area (Å²) in [6.07, 6.45) is 5.44. The second-order valence-corrected chi connectivity index (χ2v) is 4.82. The average molecular weight is 250 g/mol.